The van der Waals surface area contributed by atoms with Gasteiger partial charge in [0, 0.05) is 6.04 Å². The summed E-state index contributed by atoms with van der Waals surface area (Å²) in [7, 11) is 0. The van der Waals surface area contributed by atoms with E-state index in [0.29, 0.717) is 0 Å². The summed E-state index contributed by atoms with van der Waals surface area (Å²) in [6, 6.07) is 0.720. The molecule has 0 aromatic carbocycles. The summed E-state index contributed by atoms with van der Waals surface area (Å²) in [6.45, 7) is 8.24. The maximum Gasteiger partial charge on any atom is 0.00387 e. The third-order valence-electron chi connectivity index (χ3n) is 3.52. The predicted molar refractivity (Wildman–Crippen MR) is 63.5 cm³/mol. The van der Waals surface area contributed by atoms with Crippen LogP contribution in [-0.2, 0) is 0 Å². The minimum atomic E-state index is 0.720. The van der Waals surface area contributed by atoms with Gasteiger partial charge in [-0.2, -0.15) is 0 Å². The third-order valence-corrected chi connectivity index (χ3v) is 3.52. The van der Waals surface area contributed by atoms with Gasteiger partial charge in [0.25, 0.3) is 0 Å². The van der Waals surface area contributed by atoms with Crippen molar-refractivity contribution in [3.05, 3.63) is 0 Å². The van der Waals surface area contributed by atoms with E-state index in [1.807, 2.05) is 0 Å². The van der Waals surface area contributed by atoms with E-state index < -0.39 is 0 Å². The van der Waals surface area contributed by atoms with Crippen LogP contribution in [0.1, 0.15) is 59.3 Å². The van der Waals surface area contributed by atoms with Gasteiger partial charge in [0.1, 0.15) is 0 Å². The largest absolute Gasteiger partial charge is 0.314 e. The van der Waals surface area contributed by atoms with Crippen molar-refractivity contribution in [2.75, 3.05) is 6.54 Å². The Morgan fingerprint density at radius 3 is 2.79 bits per heavy atom. The van der Waals surface area contributed by atoms with E-state index in [2.05, 4.69) is 26.1 Å². The lowest BCUT2D eigenvalue weighted by Crippen LogP contribution is -2.32. The van der Waals surface area contributed by atoms with Crippen LogP contribution in [0.3, 0.4) is 0 Å². The Hall–Kier alpha value is -0.0400. The molecule has 1 N–H and O–H groups in total. The zero-order valence-electron chi connectivity index (χ0n) is 10.2. The summed E-state index contributed by atoms with van der Waals surface area (Å²) in [5.74, 6) is 1.93. The average molecular weight is 197 g/mol. The molecule has 84 valence electrons. The summed E-state index contributed by atoms with van der Waals surface area (Å²) in [5, 5.41) is 3.67. The van der Waals surface area contributed by atoms with Crippen LogP contribution in [0, 0.1) is 11.8 Å². The lowest BCUT2D eigenvalue weighted by atomic mass is 9.82. The lowest BCUT2D eigenvalue weighted by molar-refractivity contribution is 0.266. The van der Waals surface area contributed by atoms with Gasteiger partial charge in [-0.15, -0.1) is 0 Å². The second-order valence-electron chi connectivity index (χ2n) is 5.24. The van der Waals surface area contributed by atoms with Gasteiger partial charge in [-0.1, -0.05) is 33.1 Å². The highest BCUT2D eigenvalue weighted by atomic mass is 14.9. The molecule has 1 fully saturated rings. The van der Waals surface area contributed by atoms with Gasteiger partial charge in [0.05, 0.1) is 0 Å². The molecule has 14 heavy (non-hydrogen) atoms. The molecule has 3 atom stereocenters. The van der Waals surface area contributed by atoms with Crippen molar-refractivity contribution in [2.45, 2.75) is 65.3 Å². The molecule has 0 amide bonds. The van der Waals surface area contributed by atoms with Gasteiger partial charge in [-0.3, -0.25) is 0 Å². The third kappa shape index (κ3) is 4.45. The van der Waals surface area contributed by atoms with Gasteiger partial charge < -0.3 is 5.32 Å². The van der Waals surface area contributed by atoms with Crippen molar-refractivity contribution in [3.8, 4) is 0 Å². The van der Waals surface area contributed by atoms with Crippen LogP contribution in [0.4, 0.5) is 0 Å². The van der Waals surface area contributed by atoms with E-state index >= 15 is 0 Å². The Kier molecular flexibility index (Phi) is 5.54. The Morgan fingerprint density at radius 1 is 1.36 bits per heavy atom. The number of nitrogens with one attached hydrogen (secondary N) is 1. The Bertz CT molecular complexity index is 144. The molecule has 0 heterocycles. The normalized spacial score (nSPS) is 30.2. The van der Waals surface area contributed by atoms with Crippen LogP contribution in [0.25, 0.3) is 0 Å². The molecule has 1 rings (SSSR count). The number of hydrogen-bond acceptors (Lipinski definition) is 1. The van der Waals surface area contributed by atoms with Crippen molar-refractivity contribution in [2.24, 2.45) is 11.8 Å². The van der Waals surface area contributed by atoms with Gasteiger partial charge in [0.2, 0.25) is 0 Å². The van der Waals surface area contributed by atoms with Gasteiger partial charge >= 0.3 is 0 Å². The summed E-state index contributed by atoms with van der Waals surface area (Å²) in [6.07, 6.45) is 8.44. The molecule has 3 unspecified atom stereocenters. The summed E-state index contributed by atoms with van der Waals surface area (Å²) < 4.78 is 0. The molecule has 0 saturated heterocycles. The van der Waals surface area contributed by atoms with Crippen molar-refractivity contribution in [1.29, 1.82) is 0 Å². The Morgan fingerprint density at radius 2 is 2.14 bits per heavy atom. The SMILES string of the molecule is CCCC(C)NCC1CCCC(C)C1. The first-order valence-electron chi connectivity index (χ1n) is 6.45. The van der Waals surface area contributed by atoms with E-state index in [9.17, 15) is 0 Å². The van der Waals surface area contributed by atoms with Crippen molar-refractivity contribution >= 4 is 0 Å². The molecule has 1 aliphatic rings. The summed E-state index contributed by atoms with van der Waals surface area (Å²) in [5.41, 5.74) is 0. The molecule has 0 bridgehead atoms. The molecule has 0 radical (unpaired) electrons. The molecule has 1 saturated carbocycles. The van der Waals surface area contributed by atoms with Crippen molar-refractivity contribution in [3.63, 3.8) is 0 Å². The van der Waals surface area contributed by atoms with E-state index in [1.165, 1.54) is 45.1 Å². The molecule has 1 heteroatoms. The second kappa shape index (κ2) is 6.44. The van der Waals surface area contributed by atoms with E-state index in [-0.39, 0.29) is 0 Å². The standard InChI is InChI=1S/C13H27N/c1-4-6-12(3)14-10-13-8-5-7-11(2)9-13/h11-14H,4-10H2,1-3H3. The molecule has 1 aliphatic carbocycles. The maximum absolute atomic E-state index is 3.67. The molecule has 0 spiro atoms. The maximum atomic E-state index is 3.67. The van der Waals surface area contributed by atoms with Crippen LogP contribution in [0.2, 0.25) is 0 Å². The Balaban J connectivity index is 2.10. The highest BCUT2D eigenvalue weighted by Gasteiger charge is 2.18. The van der Waals surface area contributed by atoms with Crippen LogP contribution in [-0.4, -0.2) is 12.6 Å². The smallest absolute Gasteiger partial charge is 0.00387 e. The number of hydrogen-bond donors (Lipinski definition) is 1. The van der Waals surface area contributed by atoms with Crippen LogP contribution < -0.4 is 5.32 Å². The fraction of sp³-hybridized carbons (Fsp3) is 1.00. The summed E-state index contributed by atoms with van der Waals surface area (Å²) >= 11 is 0. The first-order chi connectivity index (χ1) is 6.72. The molecule has 0 aromatic heterocycles. The molecular formula is C13H27N. The lowest BCUT2D eigenvalue weighted by Gasteiger charge is -2.28. The monoisotopic (exact) mass is 197 g/mol. The topological polar surface area (TPSA) is 12.0 Å². The molecule has 0 aromatic rings. The van der Waals surface area contributed by atoms with Crippen molar-refractivity contribution in [1.82, 2.24) is 5.32 Å². The second-order valence-corrected chi connectivity index (χ2v) is 5.24. The molecular weight excluding hydrogens is 170 g/mol. The highest BCUT2D eigenvalue weighted by molar-refractivity contribution is 4.73. The fourth-order valence-corrected chi connectivity index (χ4v) is 2.65. The first kappa shape index (κ1) is 12.0. The minimum Gasteiger partial charge on any atom is -0.314 e. The van der Waals surface area contributed by atoms with Crippen LogP contribution in [0.15, 0.2) is 0 Å². The van der Waals surface area contributed by atoms with Gasteiger partial charge in [0.15, 0.2) is 0 Å². The summed E-state index contributed by atoms with van der Waals surface area (Å²) in [4.78, 5) is 0. The van der Waals surface area contributed by atoms with Gasteiger partial charge in [-0.05, 0) is 44.6 Å². The first-order valence-corrected chi connectivity index (χ1v) is 6.45. The Labute approximate surface area is 89.7 Å². The quantitative estimate of drug-likeness (QED) is 0.710. The number of rotatable bonds is 5. The minimum absolute atomic E-state index is 0.720. The predicted octanol–water partition coefficient (Wildman–Crippen LogP) is 3.59. The average Bonchev–Trinajstić information content (AvgIpc) is 2.15. The molecule has 0 aliphatic heterocycles. The van der Waals surface area contributed by atoms with Crippen LogP contribution in [0.5, 0.6) is 0 Å². The fourth-order valence-electron chi connectivity index (χ4n) is 2.65. The van der Waals surface area contributed by atoms with E-state index in [1.54, 1.807) is 0 Å². The molecule has 1 nitrogen and oxygen atoms in total. The van der Waals surface area contributed by atoms with E-state index in [4.69, 9.17) is 0 Å². The van der Waals surface area contributed by atoms with Crippen LogP contribution >= 0.6 is 0 Å². The zero-order chi connectivity index (χ0) is 10.4. The van der Waals surface area contributed by atoms with Gasteiger partial charge in [-0.25, -0.2) is 0 Å². The zero-order valence-corrected chi connectivity index (χ0v) is 10.2. The highest BCUT2D eigenvalue weighted by Crippen LogP contribution is 2.27. The van der Waals surface area contributed by atoms with E-state index in [0.717, 1.165) is 17.9 Å². The van der Waals surface area contributed by atoms with Crippen molar-refractivity contribution < 1.29 is 0 Å².